The quantitative estimate of drug-likeness (QED) is 0.779. The zero-order valence-electron chi connectivity index (χ0n) is 9.21. The Morgan fingerprint density at radius 1 is 1.47 bits per heavy atom. The Hall–Kier alpha value is -0.380. The average molecular weight is 271 g/mol. The molecule has 1 heterocycles. The zero-order valence-corrected chi connectivity index (χ0v) is 10.8. The highest BCUT2D eigenvalue weighted by Crippen LogP contribution is 2.38. The topological polar surface area (TPSA) is 18.5 Å². The molecule has 1 aromatic rings. The van der Waals surface area contributed by atoms with Crippen LogP contribution in [0.3, 0.4) is 0 Å². The largest absolute Gasteiger partial charge is 0.343 e. The Morgan fingerprint density at radius 3 is 2.80 bits per heavy atom. The lowest BCUT2D eigenvalue weighted by molar-refractivity contribution is -0.160. The third-order valence-corrected chi connectivity index (χ3v) is 3.75. The van der Waals surface area contributed by atoms with Gasteiger partial charge in [-0.25, -0.2) is 0 Å². The maximum absolute atomic E-state index is 5.82. The van der Waals surface area contributed by atoms with E-state index < -0.39 is 5.79 Å². The number of rotatable bonds is 1. The summed E-state index contributed by atoms with van der Waals surface area (Å²) in [5, 5.41) is 0. The fraction of sp³-hybridized carbons (Fsp3) is 0.500. The lowest BCUT2D eigenvalue weighted by Crippen LogP contribution is -2.24. The van der Waals surface area contributed by atoms with Crippen molar-refractivity contribution in [3.05, 3.63) is 33.8 Å². The number of hydrogen-bond acceptors (Lipinski definition) is 2. The number of benzene rings is 1. The van der Waals surface area contributed by atoms with Gasteiger partial charge in [0.2, 0.25) is 0 Å². The normalized spacial score (nSPS) is 30.8. The van der Waals surface area contributed by atoms with Crippen LogP contribution in [0, 0.1) is 6.92 Å². The summed E-state index contributed by atoms with van der Waals surface area (Å²) in [6.45, 7) is 6.71. The molecule has 0 saturated carbocycles. The van der Waals surface area contributed by atoms with Crippen molar-refractivity contribution >= 4 is 15.9 Å². The molecule has 15 heavy (non-hydrogen) atoms. The van der Waals surface area contributed by atoms with Crippen molar-refractivity contribution in [1.29, 1.82) is 0 Å². The molecule has 1 fully saturated rings. The minimum Gasteiger partial charge on any atom is -0.343 e. The van der Waals surface area contributed by atoms with Gasteiger partial charge in [0.25, 0.3) is 0 Å². The standard InChI is InChI=1S/C12H15BrO2/c1-8-5-4-6-10(11(8)13)12(3)14-7-9(2)15-12/h4-6,9H,7H2,1-3H3. The summed E-state index contributed by atoms with van der Waals surface area (Å²) in [4.78, 5) is 0. The van der Waals surface area contributed by atoms with Crippen LogP contribution in [0.25, 0.3) is 0 Å². The molecule has 1 aliphatic heterocycles. The van der Waals surface area contributed by atoms with Crippen molar-refractivity contribution in [3.63, 3.8) is 0 Å². The van der Waals surface area contributed by atoms with Gasteiger partial charge in [0.15, 0.2) is 5.79 Å². The molecule has 2 atom stereocenters. The van der Waals surface area contributed by atoms with Crippen LogP contribution in [0.5, 0.6) is 0 Å². The van der Waals surface area contributed by atoms with E-state index in [9.17, 15) is 0 Å². The van der Waals surface area contributed by atoms with Crippen LogP contribution < -0.4 is 0 Å². The van der Waals surface area contributed by atoms with Crippen molar-refractivity contribution in [2.75, 3.05) is 6.61 Å². The van der Waals surface area contributed by atoms with Crippen LogP contribution in [0.4, 0.5) is 0 Å². The Balaban J connectivity index is 2.41. The summed E-state index contributed by atoms with van der Waals surface area (Å²) in [5.74, 6) is -0.607. The molecule has 2 rings (SSSR count). The third-order valence-electron chi connectivity index (χ3n) is 2.70. The summed E-state index contributed by atoms with van der Waals surface area (Å²) in [7, 11) is 0. The molecule has 0 radical (unpaired) electrons. The van der Waals surface area contributed by atoms with E-state index >= 15 is 0 Å². The predicted molar refractivity (Wildman–Crippen MR) is 62.7 cm³/mol. The molecule has 0 aliphatic carbocycles. The van der Waals surface area contributed by atoms with Gasteiger partial charge in [-0.3, -0.25) is 0 Å². The number of aryl methyl sites for hydroxylation is 1. The highest BCUT2D eigenvalue weighted by Gasteiger charge is 2.38. The Bertz CT molecular complexity index is 378. The molecular formula is C12H15BrO2. The molecule has 82 valence electrons. The first-order valence-corrected chi connectivity index (χ1v) is 5.89. The highest BCUT2D eigenvalue weighted by molar-refractivity contribution is 9.10. The fourth-order valence-electron chi connectivity index (χ4n) is 1.87. The van der Waals surface area contributed by atoms with Gasteiger partial charge in [-0.1, -0.05) is 34.1 Å². The molecule has 1 saturated heterocycles. The first kappa shape index (κ1) is 11.1. The van der Waals surface area contributed by atoms with Gasteiger partial charge in [-0.05, 0) is 26.3 Å². The third kappa shape index (κ3) is 1.96. The molecule has 2 unspecified atom stereocenters. The number of ether oxygens (including phenoxy) is 2. The van der Waals surface area contributed by atoms with Crippen molar-refractivity contribution in [2.45, 2.75) is 32.7 Å². The minimum atomic E-state index is -0.607. The molecular weight excluding hydrogens is 256 g/mol. The summed E-state index contributed by atoms with van der Waals surface area (Å²) < 4.78 is 12.6. The van der Waals surface area contributed by atoms with Crippen LogP contribution in [-0.4, -0.2) is 12.7 Å². The van der Waals surface area contributed by atoms with Crippen molar-refractivity contribution in [3.8, 4) is 0 Å². The van der Waals surface area contributed by atoms with Crippen LogP contribution in [0.1, 0.15) is 25.0 Å². The van der Waals surface area contributed by atoms with E-state index in [1.807, 2.05) is 26.0 Å². The number of hydrogen-bond donors (Lipinski definition) is 0. The van der Waals surface area contributed by atoms with Crippen molar-refractivity contribution < 1.29 is 9.47 Å². The van der Waals surface area contributed by atoms with E-state index in [1.165, 1.54) is 5.56 Å². The molecule has 0 aromatic heterocycles. The van der Waals surface area contributed by atoms with E-state index in [0.717, 1.165) is 10.0 Å². The van der Waals surface area contributed by atoms with Crippen molar-refractivity contribution in [2.24, 2.45) is 0 Å². The van der Waals surface area contributed by atoms with Crippen LogP contribution >= 0.6 is 15.9 Å². The van der Waals surface area contributed by atoms with Gasteiger partial charge in [0, 0.05) is 10.0 Å². The summed E-state index contributed by atoms with van der Waals surface area (Å²) >= 11 is 3.59. The van der Waals surface area contributed by atoms with E-state index in [0.29, 0.717) is 6.61 Å². The van der Waals surface area contributed by atoms with E-state index in [2.05, 4.69) is 28.9 Å². The van der Waals surface area contributed by atoms with Crippen molar-refractivity contribution in [1.82, 2.24) is 0 Å². The first-order chi connectivity index (χ1) is 7.03. The van der Waals surface area contributed by atoms with Crippen LogP contribution in [0.15, 0.2) is 22.7 Å². The second kappa shape index (κ2) is 3.89. The molecule has 1 aromatic carbocycles. The van der Waals surface area contributed by atoms with Gasteiger partial charge in [0.05, 0.1) is 12.7 Å². The Labute approximate surface area is 98.7 Å². The summed E-state index contributed by atoms with van der Waals surface area (Å²) in [6, 6.07) is 6.13. The molecule has 2 nitrogen and oxygen atoms in total. The average Bonchev–Trinajstić information content (AvgIpc) is 2.52. The molecule has 3 heteroatoms. The Morgan fingerprint density at radius 2 is 2.20 bits per heavy atom. The maximum Gasteiger partial charge on any atom is 0.193 e. The zero-order chi connectivity index (χ0) is 11.1. The van der Waals surface area contributed by atoms with Gasteiger partial charge in [-0.2, -0.15) is 0 Å². The maximum atomic E-state index is 5.82. The lowest BCUT2D eigenvalue weighted by atomic mass is 10.1. The molecule has 0 spiro atoms. The fourth-order valence-corrected chi connectivity index (χ4v) is 2.49. The highest BCUT2D eigenvalue weighted by atomic mass is 79.9. The van der Waals surface area contributed by atoms with Crippen LogP contribution in [-0.2, 0) is 15.3 Å². The molecule has 0 bridgehead atoms. The SMILES string of the molecule is Cc1cccc(C2(C)OCC(C)O2)c1Br. The van der Waals surface area contributed by atoms with E-state index in [4.69, 9.17) is 9.47 Å². The summed E-state index contributed by atoms with van der Waals surface area (Å²) in [5.41, 5.74) is 2.26. The number of halogens is 1. The Kier molecular flexibility index (Phi) is 2.88. The molecule has 0 amide bonds. The second-order valence-corrected chi connectivity index (χ2v) is 4.91. The monoisotopic (exact) mass is 270 g/mol. The van der Waals surface area contributed by atoms with Gasteiger partial charge in [0.1, 0.15) is 0 Å². The second-order valence-electron chi connectivity index (χ2n) is 4.12. The molecule has 1 aliphatic rings. The van der Waals surface area contributed by atoms with Gasteiger partial charge >= 0.3 is 0 Å². The lowest BCUT2D eigenvalue weighted by Gasteiger charge is -2.25. The first-order valence-electron chi connectivity index (χ1n) is 5.10. The molecule has 0 N–H and O–H groups in total. The van der Waals surface area contributed by atoms with E-state index in [1.54, 1.807) is 0 Å². The summed E-state index contributed by atoms with van der Waals surface area (Å²) in [6.07, 6.45) is 0.155. The smallest absolute Gasteiger partial charge is 0.193 e. The minimum absolute atomic E-state index is 0.155. The predicted octanol–water partition coefficient (Wildman–Crippen LogP) is 3.37. The van der Waals surface area contributed by atoms with Gasteiger partial charge in [-0.15, -0.1) is 0 Å². The van der Waals surface area contributed by atoms with Gasteiger partial charge < -0.3 is 9.47 Å². The van der Waals surface area contributed by atoms with Crippen LogP contribution in [0.2, 0.25) is 0 Å². The van der Waals surface area contributed by atoms with E-state index in [-0.39, 0.29) is 6.10 Å².